The van der Waals surface area contributed by atoms with Gasteiger partial charge in [0.2, 0.25) is 0 Å². The molecule has 5 nitrogen and oxygen atoms in total. The second-order valence-electron chi connectivity index (χ2n) is 3.85. The monoisotopic (exact) mass is 295 g/mol. The molecule has 0 radical (unpaired) electrons. The van der Waals surface area contributed by atoms with Crippen LogP contribution in [0.1, 0.15) is 11.4 Å². The predicted molar refractivity (Wildman–Crippen MR) is 71.0 cm³/mol. The molecular formula is C11H14BrN5. The fraction of sp³-hybridized carbons (Fsp3) is 0.364. The summed E-state index contributed by atoms with van der Waals surface area (Å²) in [6.45, 7) is 3.90. The van der Waals surface area contributed by atoms with E-state index in [1.54, 1.807) is 4.68 Å². The van der Waals surface area contributed by atoms with Gasteiger partial charge in [-0.05, 0) is 29.8 Å². The van der Waals surface area contributed by atoms with Crippen molar-refractivity contribution in [2.75, 3.05) is 12.4 Å². The zero-order chi connectivity index (χ0) is 12.6. The summed E-state index contributed by atoms with van der Waals surface area (Å²) < 4.78 is 2.66. The molecule has 0 aliphatic rings. The Balaban J connectivity index is 2.60. The van der Waals surface area contributed by atoms with Crippen molar-refractivity contribution in [1.29, 1.82) is 0 Å². The molecule has 90 valence electrons. The molecular weight excluding hydrogens is 282 g/mol. The number of anilines is 1. The molecule has 2 rings (SSSR count). The largest absolute Gasteiger partial charge is 0.372 e. The van der Waals surface area contributed by atoms with E-state index in [1.165, 1.54) is 0 Å². The van der Waals surface area contributed by atoms with Gasteiger partial charge in [-0.15, -0.1) is 0 Å². The maximum atomic E-state index is 4.47. The minimum absolute atomic E-state index is 0.695. The Morgan fingerprint density at radius 1 is 1.24 bits per heavy atom. The van der Waals surface area contributed by atoms with Gasteiger partial charge in [0.25, 0.3) is 0 Å². The van der Waals surface area contributed by atoms with Crippen molar-refractivity contribution < 1.29 is 0 Å². The van der Waals surface area contributed by atoms with Crippen LogP contribution < -0.4 is 5.32 Å². The third-order valence-corrected chi connectivity index (χ3v) is 3.46. The average molecular weight is 296 g/mol. The lowest BCUT2D eigenvalue weighted by Crippen LogP contribution is -2.00. The van der Waals surface area contributed by atoms with Gasteiger partial charge in [-0.3, -0.25) is 4.68 Å². The van der Waals surface area contributed by atoms with Crippen LogP contribution in [0.2, 0.25) is 0 Å². The molecule has 6 heteroatoms. The second kappa shape index (κ2) is 4.44. The third kappa shape index (κ3) is 2.17. The van der Waals surface area contributed by atoms with Crippen LogP contribution in [0.4, 0.5) is 5.82 Å². The van der Waals surface area contributed by atoms with Crippen molar-refractivity contribution >= 4 is 21.7 Å². The summed E-state index contributed by atoms with van der Waals surface area (Å²) in [5, 5.41) is 7.35. The van der Waals surface area contributed by atoms with E-state index in [4.69, 9.17) is 0 Å². The minimum atomic E-state index is 0.695. The van der Waals surface area contributed by atoms with Crippen LogP contribution in [0.3, 0.4) is 0 Å². The molecule has 0 saturated carbocycles. The van der Waals surface area contributed by atoms with Crippen LogP contribution in [0.5, 0.6) is 0 Å². The van der Waals surface area contributed by atoms with Crippen molar-refractivity contribution in [2.45, 2.75) is 13.8 Å². The first-order valence-electron chi connectivity index (χ1n) is 5.25. The molecule has 0 unspecified atom stereocenters. The van der Waals surface area contributed by atoms with Gasteiger partial charge in [-0.2, -0.15) is 5.10 Å². The fourth-order valence-electron chi connectivity index (χ4n) is 1.66. The third-order valence-electron chi connectivity index (χ3n) is 2.51. The molecule has 1 N–H and O–H groups in total. The minimum Gasteiger partial charge on any atom is -0.372 e. The summed E-state index contributed by atoms with van der Waals surface area (Å²) in [4.78, 5) is 8.95. The zero-order valence-electron chi connectivity index (χ0n) is 10.2. The van der Waals surface area contributed by atoms with Gasteiger partial charge in [-0.25, -0.2) is 9.97 Å². The normalized spacial score (nSPS) is 10.6. The quantitative estimate of drug-likeness (QED) is 0.924. The first kappa shape index (κ1) is 12.0. The molecule has 0 spiro atoms. The lowest BCUT2D eigenvalue weighted by Gasteiger charge is -2.07. The van der Waals surface area contributed by atoms with Crippen LogP contribution >= 0.6 is 15.9 Å². The summed E-state index contributed by atoms with van der Waals surface area (Å²) in [7, 11) is 3.73. The Labute approximate surface area is 108 Å². The van der Waals surface area contributed by atoms with Gasteiger partial charge >= 0.3 is 0 Å². The van der Waals surface area contributed by atoms with Crippen molar-refractivity contribution in [3.05, 3.63) is 22.1 Å². The molecule has 2 aromatic heterocycles. The summed E-state index contributed by atoms with van der Waals surface area (Å²) >= 11 is 3.46. The standard InChI is InChI=1S/C11H14BrN5/c1-6-8(5-17(4)16-6)10-14-7(2)9(12)11(13-3)15-10/h5H,1-4H3,(H,13,14,15). The van der Waals surface area contributed by atoms with E-state index in [2.05, 4.69) is 36.3 Å². The average Bonchev–Trinajstić information content (AvgIpc) is 2.61. The molecule has 0 saturated heterocycles. The summed E-state index contributed by atoms with van der Waals surface area (Å²) in [5.41, 5.74) is 2.79. The number of nitrogens with zero attached hydrogens (tertiary/aromatic N) is 4. The van der Waals surface area contributed by atoms with Crippen LogP contribution in [-0.4, -0.2) is 26.8 Å². The van der Waals surface area contributed by atoms with Gasteiger partial charge in [0.15, 0.2) is 5.82 Å². The lowest BCUT2D eigenvalue weighted by molar-refractivity contribution is 0.756. The molecule has 0 amide bonds. The number of nitrogens with one attached hydrogen (secondary N) is 1. The van der Waals surface area contributed by atoms with E-state index in [1.807, 2.05) is 34.1 Å². The van der Waals surface area contributed by atoms with Crippen LogP contribution in [0, 0.1) is 13.8 Å². The highest BCUT2D eigenvalue weighted by Gasteiger charge is 2.13. The van der Waals surface area contributed by atoms with Crippen molar-refractivity contribution in [1.82, 2.24) is 19.7 Å². The molecule has 0 aliphatic heterocycles. The predicted octanol–water partition coefficient (Wildman–Crippen LogP) is 2.30. The smallest absolute Gasteiger partial charge is 0.165 e. The molecule has 0 fully saturated rings. The van der Waals surface area contributed by atoms with E-state index in [-0.39, 0.29) is 0 Å². The first-order chi connectivity index (χ1) is 8.02. The summed E-state index contributed by atoms with van der Waals surface area (Å²) in [6, 6.07) is 0. The highest BCUT2D eigenvalue weighted by Crippen LogP contribution is 2.27. The molecule has 17 heavy (non-hydrogen) atoms. The molecule has 0 bridgehead atoms. The SMILES string of the molecule is CNc1nc(-c2cn(C)nc2C)nc(C)c1Br. The first-order valence-corrected chi connectivity index (χ1v) is 6.04. The van der Waals surface area contributed by atoms with E-state index in [9.17, 15) is 0 Å². The number of hydrogen-bond acceptors (Lipinski definition) is 4. The van der Waals surface area contributed by atoms with Crippen LogP contribution in [0.25, 0.3) is 11.4 Å². The molecule has 0 aromatic carbocycles. The Hall–Kier alpha value is -1.43. The number of hydrogen-bond donors (Lipinski definition) is 1. The van der Waals surface area contributed by atoms with Gasteiger partial charge in [0.1, 0.15) is 5.82 Å². The zero-order valence-corrected chi connectivity index (χ0v) is 11.8. The van der Waals surface area contributed by atoms with Gasteiger partial charge < -0.3 is 5.32 Å². The van der Waals surface area contributed by atoms with Crippen LogP contribution in [0.15, 0.2) is 10.7 Å². The topological polar surface area (TPSA) is 55.6 Å². The van der Waals surface area contributed by atoms with Crippen molar-refractivity contribution in [3.8, 4) is 11.4 Å². The highest BCUT2D eigenvalue weighted by atomic mass is 79.9. The maximum absolute atomic E-state index is 4.47. The summed E-state index contributed by atoms with van der Waals surface area (Å²) in [6.07, 6.45) is 1.93. The number of rotatable bonds is 2. The number of aryl methyl sites for hydroxylation is 3. The Morgan fingerprint density at radius 2 is 1.94 bits per heavy atom. The molecule has 0 aliphatic carbocycles. The van der Waals surface area contributed by atoms with Gasteiger partial charge in [0, 0.05) is 20.3 Å². The molecule has 2 aromatic rings. The van der Waals surface area contributed by atoms with Crippen LogP contribution in [-0.2, 0) is 7.05 Å². The second-order valence-corrected chi connectivity index (χ2v) is 4.64. The van der Waals surface area contributed by atoms with E-state index in [0.717, 1.165) is 27.2 Å². The highest BCUT2D eigenvalue weighted by molar-refractivity contribution is 9.10. The Bertz CT molecular complexity index is 561. The number of aromatic nitrogens is 4. The lowest BCUT2D eigenvalue weighted by atomic mass is 10.2. The molecule has 0 atom stereocenters. The van der Waals surface area contributed by atoms with Gasteiger partial charge in [-0.1, -0.05) is 0 Å². The Kier molecular flexibility index (Phi) is 3.15. The maximum Gasteiger partial charge on any atom is 0.165 e. The van der Waals surface area contributed by atoms with Crippen molar-refractivity contribution in [3.63, 3.8) is 0 Å². The fourth-order valence-corrected chi connectivity index (χ4v) is 2.04. The van der Waals surface area contributed by atoms with E-state index >= 15 is 0 Å². The van der Waals surface area contributed by atoms with Gasteiger partial charge in [0.05, 0.1) is 21.4 Å². The van der Waals surface area contributed by atoms with E-state index in [0.29, 0.717) is 5.82 Å². The Morgan fingerprint density at radius 3 is 2.47 bits per heavy atom. The summed E-state index contributed by atoms with van der Waals surface area (Å²) in [5.74, 6) is 1.48. The van der Waals surface area contributed by atoms with E-state index < -0.39 is 0 Å². The number of halogens is 1. The van der Waals surface area contributed by atoms with Crippen molar-refractivity contribution in [2.24, 2.45) is 7.05 Å². The molecule has 2 heterocycles.